The fraction of sp³-hybridized carbons (Fsp3) is 0.350. The maximum absolute atomic E-state index is 5.56. The number of pyridine rings is 1. The normalized spacial score (nSPS) is 11.5. The van der Waals surface area contributed by atoms with Crippen LogP contribution in [0.15, 0.2) is 47.6 Å². The van der Waals surface area contributed by atoms with Gasteiger partial charge in [0.1, 0.15) is 0 Å². The van der Waals surface area contributed by atoms with Crippen molar-refractivity contribution in [3.8, 4) is 11.5 Å². The summed E-state index contributed by atoms with van der Waals surface area (Å²) < 4.78 is 12.9. The second kappa shape index (κ2) is 9.59. The lowest BCUT2D eigenvalue weighted by molar-refractivity contribution is 0.310. The summed E-state index contributed by atoms with van der Waals surface area (Å²) in [5.41, 5.74) is 1.85. The van der Waals surface area contributed by atoms with Crippen LogP contribution in [0.4, 0.5) is 0 Å². The van der Waals surface area contributed by atoms with Crippen LogP contribution in [-0.4, -0.2) is 40.8 Å². The Balaban J connectivity index is 1.68. The van der Waals surface area contributed by atoms with Crippen LogP contribution >= 0.6 is 0 Å². The van der Waals surface area contributed by atoms with Gasteiger partial charge in [-0.1, -0.05) is 12.1 Å². The number of hydrogen-bond donors (Lipinski definition) is 2. The van der Waals surface area contributed by atoms with E-state index >= 15 is 0 Å². The molecule has 8 heteroatoms. The lowest BCUT2D eigenvalue weighted by atomic mass is 10.2. The molecule has 0 aliphatic rings. The fourth-order valence-corrected chi connectivity index (χ4v) is 2.77. The SMILES string of the molecule is CCNC(=NCc1ccc(OCC)c(OC)c1)NCc1nnc2ccccn12. The Hall–Kier alpha value is -3.29. The molecule has 2 aromatic heterocycles. The number of aromatic nitrogens is 3. The van der Waals surface area contributed by atoms with Crippen molar-refractivity contribution in [2.75, 3.05) is 20.3 Å². The van der Waals surface area contributed by atoms with E-state index in [1.807, 2.05) is 60.8 Å². The van der Waals surface area contributed by atoms with Gasteiger partial charge in [-0.3, -0.25) is 4.40 Å². The van der Waals surface area contributed by atoms with Crippen LogP contribution in [0, 0.1) is 0 Å². The summed E-state index contributed by atoms with van der Waals surface area (Å²) in [6, 6.07) is 11.7. The zero-order chi connectivity index (χ0) is 19.8. The largest absolute Gasteiger partial charge is 0.493 e. The minimum absolute atomic E-state index is 0.513. The summed E-state index contributed by atoms with van der Waals surface area (Å²) in [6.45, 7) is 6.37. The van der Waals surface area contributed by atoms with Crippen molar-refractivity contribution in [2.45, 2.75) is 26.9 Å². The van der Waals surface area contributed by atoms with Crippen LogP contribution in [0.3, 0.4) is 0 Å². The maximum atomic E-state index is 5.56. The molecule has 2 N–H and O–H groups in total. The second-order valence-corrected chi connectivity index (χ2v) is 6.01. The Morgan fingerprint density at radius 1 is 1.11 bits per heavy atom. The van der Waals surface area contributed by atoms with Crippen LogP contribution < -0.4 is 20.1 Å². The van der Waals surface area contributed by atoms with Gasteiger partial charge in [-0.25, -0.2) is 4.99 Å². The van der Waals surface area contributed by atoms with Crippen molar-refractivity contribution in [2.24, 2.45) is 4.99 Å². The lowest BCUT2D eigenvalue weighted by Gasteiger charge is -2.12. The van der Waals surface area contributed by atoms with E-state index < -0.39 is 0 Å². The Labute approximate surface area is 164 Å². The standard InChI is InChI=1S/C20H26N6O2/c1-4-21-20(23-14-19-25-24-18-8-6-7-11-26(18)19)22-13-15-9-10-16(28-5-2)17(12-15)27-3/h6-12H,4-5,13-14H2,1-3H3,(H2,21,22,23). The van der Waals surface area contributed by atoms with Gasteiger partial charge in [0.25, 0.3) is 0 Å². The molecule has 1 aromatic carbocycles. The molecule has 2 heterocycles. The molecule has 8 nitrogen and oxygen atoms in total. The minimum atomic E-state index is 0.513. The van der Waals surface area contributed by atoms with Gasteiger partial charge in [0.15, 0.2) is 28.9 Å². The number of fused-ring (bicyclic) bond motifs is 1. The van der Waals surface area contributed by atoms with Gasteiger partial charge in [-0.2, -0.15) is 0 Å². The first-order valence-electron chi connectivity index (χ1n) is 9.35. The molecular weight excluding hydrogens is 356 g/mol. The third-order valence-corrected chi connectivity index (χ3v) is 4.09. The number of guanidine groups is 1. The van der Waals surface area contributed by atoms with Crippen molar-refractivity contribution in [1.82, 2.24) is 25.2 Å². The van der Waals surface area contributed by atoms with E-state index in [9.17, 15) is 0 Å². The third-order valence-electron chi connectivity index (χ3n) is 4.09. The first-order chi connectivity index (χ1) is 13.7. The number of rotatable bonds is 8. The van der Waals surface area contributed by atoms with Crippen LogP contribution in [-0.2, 0) is 13.1 Å². The second-order valence-electron chi connectivity index (χ2n) is 6.01. The highest BCUT2D eigenvalue weighted by Gasteiger charge is 2.07. The molecular formula is C20H26N6O2. The minimum Gasteiger partial charge on any atom is -0.493 e. The van der Waals surface area contributed by atoms with E-state index in [-0.39, 0.29) is 0 Å². The Bertz CT molecular complexity index is 937. The zero-order valence-electron chi connectivity index (χ0n) is 16.5. The average Bonchev–Trinajstić information content (AvgIpc) is 3.14. The Morgan fingerprint density at radius 2 is 2.00 bits per heavy atom. The van der Waals surface area contributed by atoms with E-state index in [0.29, 0.717) is 31.4 Å². The molecule has 0 aliphatic heterocycles. The van der Waals surface area contributed by atoms with E-state index in [0.717, 1.165) is 29.3 Å². The molecule has 0 aliphatic carbocycles. The predicted molar refractivity (Wildman–Crippen MR) is 109 cm³/mol. The summed E-state index contributed by atoms with van der Waals surface area (Å²) in [6.07, 6.45) is 1.95. The topological polar surface area (TPSA) is 85.1 Å². The van der Waals surface area contributed by atoms with E-state index in [2.05, 4.69) is 25.8 Å². The predicted octanol–water partition coefficient (Wildman–Crippen LogP) is 2.39. The van der Waals surface area contributed by atoms with Crippen LogP contribution in [0.25, 0.3) is 5.65 Å². The van der Waals surface area contributed by atoms with Gasteiger partial charge in [-0.05, 0) is 43.7 Å². The molecule has 0 saturated carbocycles. The smallest absolute Gasteiger partial charge is 0.191 e. The van der Waals surface area contributed by atoms with Crippen LogP contribution in [0.2, 0.25) is 0 Å². The number of benzene rings is 1. The van der Waals surface area contributed by atoms with Gasteiger partial charge in [-0.15, -0.1) is 10.2 Å². The van der Waals surface area contributed by atoms with Crippen molar-refractivity contribution < 1.29 is 9.47 Å². The quantitative estimate of drug-likeness (QED) is 0.460. The molecule has 0 atom stereocenters. The molecule has 0 bridgehead atoms. The van der Waals surface area contributed by atoms with Crippen LogP contribution in [0.1, 0.15) is 25.2 Å². The maximum Gasteiger partial charge on any atom is 0.191 e. The van der Waals surface area contributed by atoms with Gasteiger partial charge in [0.05, 0.1) is 26.8 Å². The molecule has 0 fully saturated rings. The molecule has 3 aromatic rings. The Kier molecular flexibility index (Phi) is 6.67. The number of hydrogen-bond acceptors (Lipinski definition) is 5. The van der Waals surface area contributed by atoms with Crippen molar-refractivity contribution in [1.29, 1.82) is 0 Å². The summed E-state index contributed by atoms with van der Waals surface area (Å²) >= 11 is 0. The van der Waals surface area contributed by atoms with Crippen molar-refractivity contribution in [3.05, 3.63) is 54.0 Å². The zero-order valence-corrected chi connectivity index (χ0v) is 16.5. The molecule has 0 unspecified atom stereocenters. The van der Waals surface area contributed by atoms with E-state index in [1.54, 1.807) is 7.11 Å². The highest BCUT2D eigenvalue weighted by molar-refractivity contribution is 5.79. The van der Waals surface area contributed by atoms with E-state index in [1.165, 1.54) is 0 Å². The Morgan fingerprint density at radius 3 is 2.79 bits per heavy atom. The van der Waals surface area contributed by atoms with Gasteiger partial charge in [0.2, 0.25) is 0 Å². The molecule has 28 heavy (non-hydrogen) atoms. The van der Waals surface area contributed by atoms with Gasteiger partial charge in [0, 0.05) is 12.7 Å². The van der Waals surface area contributed by atoms with Crippen LogP contribution in [0.5, 0.6) is 11.5 Å². The number of nitrogens with zero attached hydrogens (tertiary/aromatic N) is 4. The summed E-state index contributed by atoms with van der Waals surface area (Å²) in [4.78, 5) is 4.65. The first-order valence-corrected chi connectivity index (χ1v) is 9.35. The first kappa shape index (κ1) is 19.5. The average molecular weight is 382 g/mol. The third kappa shape index (κ3) is 4.70. The van der Waals surface area contributed by atoms with E-state index in [4.69, 9.17) is 9.47 Å². The molecule has 0 amide bonds. The number of ether oxygens (including phenoxy) is 2. The summed E-state index contributed by atoms with van der Waals surface area (Å²) in [5.74, 6) is 2.98. The van der Waals surface area contributed by atoms with Gasteiger partial charge >= 0.3 is 0 Å². The van der Waals surface area contributed by atoms with Crippen molar-refractivity contribution >= 4 is 11.6 Å². The number of methoxy groups -OCH3 is 1. The fourth-order valence-electron chi connectivity index (χ4n) is 2.77. The number of nitrogens with one attached hydrogen (secondary N) is 2. The molecule has 0 saturated heterocycles. The number of aliphatic imine (C=N–C) groups is 1. The highest BCUT2D eigenvalue weighted by atomic mass is 16.5. The summed E-state index contributed by atoms with van der Waals surface area (Å²) in [5, 5.41) is 15.0. The molecule has 148 valence electrons. The molecule has 3 rings (SSSR count). The van der Waals surface area contributed by atoms with Crippen molar-refractivity contribution in [3.63, 3.8) is 0 Å². The van der Waals surface area contributed by atoms with Gasteiger partial charge < -0.3 is 20.1 Å². The summed E-state index contributed by atoms with van der Waals surface area (Å²) in [7, 11) is 1.64. The highest BCUT2D eigenvalue weighted by Crippen LogP contribution is 2.28. The lowest BCUT2D eigenvalue weighted by Crippen LogP contribution is -2.37. The monoisotopic (exact) mass is 382 g/mol. The molecule has 0 radical (unpaired) electrons. The molecule has 0 spiro atoms.